The van der Waals surface area contributed by atoms with Gasteiger partial charge in [-0.05, 0) is 53.9 Å². The van der Waals surface area contributed by atoms with Crippen molar-refractivity contribution in [2.24, 2.45) is 0 Å². The first-order chi connectivity index (χ1) is 12.4. The Balaban J connectivity index is 1.77. The lowest BCUT2D eigenvalue weighted by Gasteiger charge is -2.10. The van der Waals surface area contributed by atoms with Gasteiger partial charge in [0.1, 0.15) is 11.8 Å². The zero-order chi connectivity index (χ0) is 18.3. The summed E-state index contributed by atoms with van der Waals surface area (Å²) in [5.41, 5.74) is 2.10. The van der Waals surface area contributed by atoms with E-state index in [-0.39, 0.29) is 4.90 Å². The van der Waals surface area contributed by atoms with E-state index in [1.54, 1.807) is 24.3 Å². The van der Waals surface area contributed by atoms with Crippen molar-refractivity contribution in [3.8, 4) is 5.69 Å². The molecule has 0 bridgehead atoms. The van der Waals surface area contributed by atoms with Gasteiger partial charge < -0.3 is 9.67 Å². The second-order valence-electron chi connectivity index (χ2n) is 6.02. The highest BCUT2D eigenvalue weighted by molar-refractivity contribution is 7.90. The fourth-order valence-electron chi connectivity index (χ4n) is 2.83. The molecule has 0 aliphatic carbocycles. The predicted molar refractivity (Wildman–Crippen MR) is 103 cm³/mol. The molecule has 132 valence electrons. The number of aliphatic hydroxyl groups is 1. The van der Waals surface area contributed by atoms with Crippen LogP contribution in [0, 0.1) is 0 Å². The molecule has 4 rings (SSSR count). The lowest BCUT2D eigenvalue weighted by molar-refractivity contribution is 0.219. The summed E-state index contributed by atoms with van der Waals surface area (Å²) < 4.78 is 25.1. The van der Waals surface area contributed by atoms with Gasteiger partial charge in [0.15, 0.2) is 9.84 Å². The van der Waals surface area contributed by atoms with Gasteiger partial charge in [0.2, 0.25) is 0 Å². The minimum Gasteiger partial charge on any atom is -0.381 e. The second kappa shape index (κ2) is 6.35. The van der Waals surface area contributed by atoms with Crippen LogP contribution in [0.1, 0.15) is 16.7 Å². The highest BCUT2D eigenvalue weighted by Crippen LogP contribution is 2.27. The first-order valence-electron chi connectivity index (χ1n) is 7.93. The van der Waals surface area contributed by atoms with Gasteiger partial charge in [-0.1, -0.05) is 6.07 Å². The molecule has 0 saturated heterocycles. The lowest BCUT2D eigenvalue weighted by Crippen LogP contribution is -2.03. The largest absolute Gasteiger partial charge is 0.381 e. The van der Waals surface area contributed by atoms with Crippen molar-refractivity contribution in [3.05, 3.63) is 76.7 Å². The maximum atomic E-state index is 11.6. The molecule has 0 radical (unpaired) electrons. The maximum Gasteiger partial charge on any atom is 0.175 e. The van der Waals surface area contributed by atoms with Crippen LogP contribution >= 0.6 is 11.3 Å². The molecule has 1 N–H and O–H groups in total. The van der Waals surface area contributed by atoms with Crippen molar-refractivity contribution in [2.75, 3.05) is 6.26 Å². The van der Waals surface area contributed by atoms with Crippen molar-refractivity contribution < 1.29 is 13.5 Å². The van der Waals surface area contributed by atoms with Crippen molar-refractivity contribution in [3.63, 3.8) is 0 Å². The first-order valence-corrected chi connectivity index (χ1v) is 10.7. The van der Waals surface area contributed by atoms with Crippen molar-refractivity contribution in [2.45, 2.75) is 11.0 Å². The van der Waals surface area contributed by atoms with Gasteiger partial charge in [-0.15, -0.1) is 11.3 Å². The van der Waals surface area contributed by atoms with E-state index in [4.69, 9.17) is 0 Å². The molecule has 0 spiro atoms. The summed E-state index contributed by atoms with van der Waals surface area (Å²) in [6.45, 7) is 0. The fraction of sp³-hybridized carbons (Fsp3) is 0.105. The molecule has 4 aromatic rings. The third-order valence-electron chi connectivity index (χ3n) is 4.19. The molecular weight excluding hydrogens is 368 g/mol. The molecule has 0 amide bonds. The number of rotatable bonds is 4. The minimum absolute atomic E-state index is 0.277. The van der Waals surface area contributed by atoms with Crippen LogP contribution in [0.5, 0.6) is 0 Å². The number of pyridine rings is 1. The number of hydrogen-bond donors (Lipinski definition) is 1. The topological polar surface area (TPSA) is 72.2 Å². The standard InChI is InChI=1S/C19H16N2O3S2/c1-26(23,24)15-7-5-14(6-8-15)21-11-10-13-4-9-16(20-19(13)21)18(22)17-3-2-12-25-17/h2-12,18,22H,1H3/t18-/m0/s1. The van der Waals surface area contributed by atoms with Gasteiger partial charge in [-0.25, -0.2) is 13.4 Å². The normalized spacial score (nSPS) is 13.2. The number of fused-ring (bicyclic) bond motifs is 1. The van der Waals surface area contributed by atoms with Crippen LogP contribution in [0.15, 0.2) is 71.1 Å². The van der Waals surface area contributed by atoms with E-state index in [1.807, 2.05) is 46.5 Å². The minimum atomic E-state index is -3.23. The van der Waals surface area contributed by atoms with Crippen LogP contribution in [0.2, 0.25) is 0 Å². The van der Waals surface area contributed by atoms with E-state index in [0.29, 0.717) is 11.3 Å². The number of nitrogens with zero attached hydrogens (tertiary/aromatic N) is 2. The van der Waals surface area contributed by atoms with E-state index >= 15 is 0 Å². The van der Waals surface area contributed by atoms with E-state index in [2.05, 4.69) is 4.98 Å². The van der Waals surface area contributed by atoms with E-state index in [0.717, 1.165) is 16.0 Å². The number of aliphatic hydroxyl groups excluding tert-OH is 1. The summed E-state index contributed by atoms with van der Waals surface area (Å²) in [5.74, 6) is 0. The van der Waals surface area contributed by atoms with Gasteiger partial charge in [-0.2, -0.15) is 0 Å². The van der Waals surface area contributed by atoms with Gasteiger partial charge in [0.05, 0.1) is 10.6 Å². The van der Waals surface area contributed by atoms with E-state index in [9.17, 15) is 13.5 Å². The van der Waals surface area contributed by atoms with Crippen LogP contribution < -0.4 is 0 Å². The van der Waals surface area contributed by atoms with E-state index in [1.165, 1.54) is 17.6 Å². The summed E-state index contributed by atoms with van der Waals surface area (Å²) in [4.78, 5) is 5.76. The fourth-order valence-corrected chi connectivity index (χ4v) is 4.18. The number of hydrogen-bond acceptors (Lipinski definition) is 5. The highest BCUT2D eigenvalue weighted by atomic mass is 32.2. The second-order valence-corrected chi connectivity index (χ2v) is 9.01. The average Bonchev–Trinajstić information content (AvgIpc) is 3.30. The Kier molecular flexibility index (Phi) is 4.14. The molecule has 0 unspecified atom stereocenters. The molecule has 1 aromatic carbocycles. The maximum absolute atomic E-state index is 11.6. The van der Waals surface area contributed by atoms with Gasteiger partial charge in [-0.3, -0.25) is 0 Å². The van der Waals surface area contributed by atoms with Crippen LogP contribution in [0.3, 0.4) is 0 Å². The average molecular weight is 384 g/mol. The summed E-state index contributed by atoms with van der Waals surface area (Å²) in [5, 5.41) is 13.4. The SMILES string of the molecule is CS(=O)(=O)c1ccc(-n2ccc3ccc([C@H](O)c4cccs4)nc32)cc1. The van der Waals surface area contributed by atoms with Crippen LogP contribution in [-0.2, 0) is 9.84 Å². The zero-order valence-electron chi connectivity index (χ0n) is 13.9. The quantitative estimate of drug-likeness (QED) is 0.584. The molecule has 7 heteroatoms. The van der Waals surface area contributed by atoms with Crippen LogP contribution in [0.4, 0.5) is 0 Å². The third-order valence-corrected chi connectivity index (χ3v) is 6.25. The van der Waals surface area contributed by atoms with Crippen LogP contribution in [0.25, 0.3) is 16.7 Å². The third kappa shape index (κ3) is 3.05. The number of sulfone groups is 1. The first kappa shape index (κ1) is 17.0. The van der Waals surface area contributed by atoms with Gasteiger partial charge in [0, 0.05) is 28.4 Å². The molecule has 3 aromatic heterocycles. The van der Waals surface area contributed by atoms with Gasteiger partial charge >= 0.3 is 0 Å². The Morgan fingerprint density at radius 3 is 2.50 bits per heavy atom. The monoisotopic (exact) mass is 384 g/mol. The molecular formula is C19H16N2O3S2. The van der Waals surface area contributed by atoms with Crippen molar-refractivity contribution in [1.29, 1.82) is 0 Å². The Morgan fingerprint density at radius 2 is 1.85 bits per heavy atom. The van der Waals surface area contributed by atoms with Crippen molar-refractivity contribution >= 4 is 32.2 Å². The number of aromatic nitrogens is 2. The highest BCUT2D eigenvalue weighted by Gasteiger charge is 2.15. The summed E-state index contributed by atoms with van der Waals surface area (Å²) >= 11 is 1.48. The van der Waals surface area contributed by atoms with E-state index < -0.39 is 15.9 Å². The molecule has 1 atom stereocenters. The molecule has 26 heavy (non-hydrogen) atoms. The molecule has 3 heterocycles. The lowest BCUT2D eigenvalue weighted by atomic mass is 10.2. The summed E-state index contributed by atoms with van der Waals surface area (Å²) in [7, 11) is -3.23. The van der Waals surface area contributed by atoms with Gasteiger partial charge in [0.25, 0.3) is 0 Å². The van der Waals surface area contributed by atoms with Crippen molar-refractivity contribution in [1.82, 2.24) is 9.55 Å². The Hall–Kier alpha value is -2.48. The summed E-state index contributed by atoms with van der Waals surface area (Å²) in [6.07, 6.45) is 2.30. The molecule has 0 aliphatic heterocycles. The predicted octanol–water partition coefficient (Wildman–Crippen LogP) is 3.57. The Morgan fingerprint density at radius 1 is 1.08 bits per heavy atom. The molecule has 0 fully saturated rings. The Bertz CT molecular complexity index is 1160. The number of benzene rings is 1. The smallest absolute Gasteiger partial charge is 0.175 e. The van der Waals surface area contributed by atoms with Crippen LogP contribution in [-0.4, -0.2) is 29.3 Å². The molecule has 0 saturated carbocycles. The number of thiophene rings is 1. The Labute approximate surface area is 155 Å². The summed E-state index contributed by atoms with van der Waals surface area (Å²) in [6, 6.07) is 16.1. The molecule has 5 nitrogen and oxygen atoms in total. The molecule has 0 aliphatic rings. The zero-order valence-corrected chi connectivity index (χ0v) is 15.5.